The minimum absolute atomic E-state index is 0.0515. The van der Waals surface area contributed by atoms with Crippen LogP contribution in [0.2, 0.25) is 0 Å². The highest BCUT2D eigenvalue weighted by Gasteiger charge is 2.17. The van der Waals surface area contributed by atoms with E-state index in [2.05, 4.69) is 10.1 Å². The molecule has 0 heterocycles. The first-order chi connectivity index (χ1) is 8.81. The van der Waals surface area contributed by atoms with Crippen LogP contribution in [0.5, 0.6) is 0 Å². The third-order valence-electron chi connectivity index (χ3n) is 2.53. The number of hydrogen-bond donors (Lipinski definition) is 2. The quantitative estimate of drug-likeness (QED) is 0.582. The van der Waals surface area contributed by atoms with Gasteiger partial charge in [-0.2, -0.15) is 0 Å². The van der Waals surface area contributed by atoms with Crippen LogP contribution < -0.4 is 11.1 Å². The summed E-state index contributed by atoms with van der Waals surface area (Å²) in [4.78, 5) is 11.4. The predicted octanol–water partition coefficient (Wildman–Crippen LogP) is 0.465. The van der Waals surface area contributed by atoms with Gasteiger partial charge in [-0.05, 0) is 17.7 Å². The van der Waals surface area contributed by atoms with Crippen molar-refractivity contribution in [1.29, 1.82) is 0 Å². The fourth-order valence-corrected chi connectivity index (χ4v) is 2.04. The van der Waals surface area contributed by atoms with Crippen LogP contribution >= 0.6 is 0 Å². The minimum atomic E-state index is -3.17. The number of carbonyl (C=O) groups is 1. The average Bonchev–Trinajstić information content (AvgIpc) is 2.34. The van der Waals surface area contributed by atoms with Crippen LogP contribution in [0.15, 0.2) is 24.3 Å². The number of nitrogen functional groups attached to an aromatic ring is 1. The maximum atomic E-state index is 11.4. The second kappa shape index (κ2) is 6.53. The summed E-state index contributed by atoms with van der Waals surface area (Å²) in [6.07, 6.45) is 1.17. The van der Waals surface area contributed by atoms with Crippen molar-refractivity contribution in [3.63, 3.8) is 0 Å². The van der Waals surface area contributed by atoms with Crippen molar-refractivity contribution in [3.8, 4) is 0 Å². The lowest BCUT2D eigenvalue weighted by molar-refractivity contribution is -0.141. The maximum absolute atomic E-state index is 11.4. The molecule has 0 saturated carbocycles. The number of ether oxygens (including phenoxy) is 1. The first-order valence-corrected chi connectivity index (χ1v) is 7.71. The molecule has 0 fully saturated rings. The van der Waals surface area contributed by atoms with E-state index in [-0.39, 0.29) is 12.3 Å². The van der Waals surface area contributed by atoms with Gasteiger partial charge in [0, 0.05) is 18.0 Å². The van der Waals surface area contributed by atoms with Gasteiger partial charge in [0.25, 0.3) is 0 Å². The molecule has 19 heavy (non-hydrogen) atoms. The summed E-state index contributed by atoms with van der Waals surface area (Å²) < 4.78 is 27.0. The van der Waals surface area contributed by atoms with E-state index in [9.17, 15) is 13.2 Å². The van der Waals surface area contributed by atoms with Crippen molar-refractivity contribution in [2.24, 2.45) is 0 Å². The normalized spacial score (nSPS) is 12.9. The zero-order valence-electron chi connectivity index (χ0n) is 10.9. The number of benzene rings is 1. The highest BCUT2D eigenvalue weighted by Crippen LogP contribution is 2.19. The molecule has 1 aromatic rings. The molecule has 7 heteroatoms. The molecule has 0 radical (unpaired) electrons. The Bertz CT molecular complexity index is 525. The summed E-state index contributed by atoms with van der Waals surface area (Å²) in [5, 5.41) is 2.83. The molecular weight excluding hydrogens is 268 g/mol. The van der Waals surface area contributed by atoms with Crippen molar-refractivity contribution < 1.29 is 17.9 Å². The topological polar surface area (TPSA) is 98.5 Å². The van der Waals surface area contributed by atoms with E-state index in [1.807, 2.05) is 0 Å². The van der Waals surface area contributed by atoms with Crippen LogP contribution in [0.25, 0.3) is 0 Å². The fourth-order valence-electron chi connectivity index (χ4n) is 1.54. The Hall–Kier alpha value is -1.60. The van der Waals surface area contributed by atoms with Crippen LogP contribution in [-0.4, -0.2) is 33.6 Å². The fraction of sp³-hybridized carbons (Fsp3) is 0.417. The number of carbonyl (C=O) groups excluding carboxylic acids is 1. The lowest BCUT2D eigenvalue weighted by Gasteiger charge is -2.17. The Labute approximate surface area is 112 Å². The lowest BCUT2D eigenvalue weighted by Crippen LogP contribution is -2.29. The molecule has 0 aliphatic heterocycles. The summed E-state index contributed by atoms with van der Waals surface area (Å²) in [6, 6.07) is 6.46. The van der Waals surface area contributed by atoms with E-state index in [1.165, 1.54) is 7.11 Å². The van der Waals surface area contributed by atoms with E-state index >= 15 is 0 Å². The van der Waals surface area contributed by atoms with Crippen molar-refractivity contribution in [2.75, 3.05) is 25.0 Å². The van der Waals surface area contributed by atoms with Gasteiger partial charge in [0.2, 0.25) is 0 Å². The van der Waals surface area contributed by atoms with Crippen molar-refractivity contribution >= 4 is 21.5 Å². The average molecular weight is 286 g/mol. The van der Waals surface area contributed by atoms with Crippen LogP contribution in [-0.2, 0) is 19.4 Å². The third kappa shape index (κ3) is 5.71. The monoisotopic (exact) mass is 286 g/mol. The van der Waals surface area contributed by atoms with Gasteiger partial charge in [0.05, 0.1) is 19.4 Å². The summed E-state index contributed by atoms with van der Waals surface area (Å²) in [6.45, 7) is 0. The Morgan fingerprint density at radius 2 is 1.95 bits per heavy atom. The first-order valence-electron chi connectivity index (χ1n) is 5.65. The molecule has 1 atom stereocenters. The zero-order valence-corrected chi connectivity index (χ0v) is 11.7. The molecule has 6 nitrogen and oxygen atoms in total. The zero-order chi connectivity index (χ0) is 14.5. The van der Waals surface area contributed by atoms with Gasteiger partial charge < -0.3 is 10.5 Å². The largest absolute Gasteiger partial charge is 0.469 e. The summed E-state index contributed by atoms with van der Waals surface area (Å²) in [5.41, 5.74) is 6.97. The van der Waals surface area contributed by atoms with Gasteiger partial charge in [-0.25, -0.2) is 8.42 Å². The number of nitrogens with one attached hydrogen (secondary N) is 1. The van der Waals surface area contributed by atoms with E-state index in [0.717, 1.165) is 11.8 Å². The van der Waals surface area contributed by atoms with Crippen molar-refractivity contribution in [2.45, 2.75) is 12.5 Å². The number of hydrogen-bond acceptors (Lipinski definition) is 6. The molecular formula is C12H18N2O4S. The smallest absolute Gasteiger partial charge is 0.307 e. The number of rotatable bonds is 6. The second-order valence-electron chi connectivity index (χ2n) is 4.27. The van der Waals surface area contributed by atoms with Crippen molar-refractivity contribution in [1.82, 2.24) is 5.32 Å². The van der Waals surface area contributed by atoms with Crippen LogP contribution in [0.4, 0.5) is 5.69 Å². The Morgan fingerprint density at radius 3 is 2.42 bits per heavy atom. The molecule has 0 aromatic heterocycles. The molecule has 1 aromatic carbocycles. The number of nitrogens with two attached hydrogens (primary N) is 1. The van der Waals surface area contributed by atoms with E-state index in [4.69, 9.17) is 5.73 Å². The second-order valence-corrected chi connectivity index (χ2v) is 6.41. The molecule has 0 aliphatic rings. The molecule has 0 unspecified atom stereocenters. The molecule has 0 amide bonds. The predicted molar refractivity (Wildman–Crippen MR) is 73.1 cm³/mol. The standard InChI is InChI=1S/C12H18N2O4S/c1-18-12(15)7-11(14-8-19(2,16)17)9-3-5-10(13)6-4-9/h3-6,11,14H,7-8,13H2,1-2H3/t11-/m1/s1. The van der Waals surface area contributed by atoms with E-state index in [0.29, 0.717) is 5.69 Å². The third-order valence-corrected chi connectivity index (χ3v) is 3.22. The molecule has 0 aliphatic carbocycles. The highest BCUT2D eigenvalue weighted by atomic mass is 32.2. The minimum Gasteiger partial charge on any atom is -0.469 e. The van der Waals surface area contributed by atoms with Crippen LogP contribution in [0, 0.1) is 0 Å². The maximum Gasteiger partial charge on any atom is 0.307 e. The SMILES string of the molecule is COC(=O)C[C@@H](NCS(C)(=O)=O)c1ccc(N)cc1. The first kappa shape index (κ1) is 15.5. The summed E-state index contributed by atoms with van der Waals surface area (Å²) in [7, 11) is -1.88. The highest BCUT2D eigenvalue weighted by molar-refractivity contribution is 7.90. The molecule has 106 valence electrons. The lowest BCUT2D eigenvalue weighted by atomic mass is 10.0. The van der Waals surface area contributed by atoms with Gasteiger partial charge in [-0.15, -0.1) is 0 Å². The van der Waals surface area contributed by atoms with Crippen LogP contribution in [0.1, 0.15) is 18.0 Å². The van der Waals surface area contributed by atoms with Crippen LogP contribution in [0.3, 0.4) is 0 Å². The van der Waals surface area contributed by atoms with Gasteiger partial charge in [-0.1, -0.05) is 12.1 Å². The van der Waals surface area contributed by atoms with E-state index in [1.54, 1.807) is 24.3 Å². The van der Waals surface area contributed by atoms with Gasteiger partial charge >= 0.3 is 5.97 Å². The van der Waals surface area contributed by atoms with Crippen molar-refractivity contribution in [3.05, 3.63) is 29.8 Å². The Morgan fingerprint density at radius 1 is 1.37 bits per heavy atom. The molecule has 3 N–H and O–H groups in total. The number of methoxy groups -OCH3 is 1. The van der Waals surface area contributed by atoms with E-state index < -0.39 is 21.8 Å². The van der Waals surface area contributed by atoms with Gasteiger partial charge in [0.1, 0.15) is 0 Å². The molecule has 0 spiro atoms. The molecule has 0 saturated heterocycles. The van der Waals surface area contributed by atoms with Gasteiger partial charge in [-0.3, -0.25) is 10.1 Å². The Kier molecular flexibility index (Phi) is 5.31. The number of esters is 1. The molecule has 0 bridgehead atoms. The van der Waals surface area contributed by atoms with Gasteiger partial charge in [0.15, 0.2) is 9.84 Å². The summed E-state index contributed by atoms with van der Waals surface area (Å²) >= 11 is 0. The molecule has 1 rings (SSSR count). The number of sulfone groups is 1. The summed E-state index contributed by atoms with van der Waals surface area (Å²) in [5.74, 6) is -0.623. The number of anilines is 1. The Balaban J connectivity index is 2.85.